The number of rotatable bonds is 7. The largest absolute Gasteiger partial charge is 0.352 e. The lowest BCUT2D eigenvalue weighted by atomic mass is 10.2. The van der Waals surface area contributed by atoms with Crippen LogP contribution in [-0.2, 0) is 0 Å². The van der Waals surface area contributed by atoms with Crippen LogP contribution < -0.4 is 5.32 Å². The number of nitrogens with zero attached hydrogens (tertiary/aromatic N) is 1. The van der Waals surface area contributed by atoms with Crippen LogP contribution in [0.4, 0.5) is 0 Å². The molecule has 1 amide bonds. The Balaban J connectivity index is 1.54. The molecule has 1 aromatic rings. The van der Waals surface area contributed by atoms with Crippen LogP contribution >= 0.6 is 11.6 Å². The summed E-state index contributed by atoms with van der Waals surface area (Å²) < 4.78 is 0. The van der Waals surface area contributed by atoms with Crippen molar-refractivity contribution in [3.8, 4) is 0 Å². The molecule has 1 heterocycles. The number of nitrogens with one attached hydrogen (secondary N) is 1. The summed E-state index contributed by atoms with van der Waals surface area (Å²) in [6.45, 7) is 4.51. The van der Waals surface area contributed by atoms with Crippen molar-refractivity contribution in [3.63, 3.8) is 0 Å². The molecular weight excluding hydrogens is 272 g/mol. The Morgan fingerprint density at radius 2 is 1.80 bits per heavy atom. The molecule has 3 nitrogen and oxygen atoms in total. The van der Waals surface area contributed by atoms with Gasteiger partial charge in [0.05, 0.1) is 0 Å². The molecule has 1 N–H and O–H groups in total. The molecule has 20 heavy (non-hydrogen) atoms. The van der Waals surface area contributed by atoms with Gasteiger partial charge in [-0.2, -0.15) is 0 Å². The topological polar surface area (TPSA) is 32.3 Å². The van der Waals surface area contributed by atoms with Crippen LogP contribution in [0.3, 0.4) is 0 Å². The highest BCUT2D eigenvalue weighted by Crippen LogP contribution is 2.10. The second-order valence-electron chi connectivity index (χ2n) is 5.37. The highest BCUT2D eigenvalue weighted by Gasteiger charge is 2.10. The van der Waals surface area contributed by atoms with Gasteiger partial charge >= 0.3 is 0 Å². The molecule has 0 saturated carbocycles. The van der Waals surface area contributed by atoms with E-state index in [2.05, 4.69) is 10.2 Å². The van der Waals surface area contributed by atoms with Crippen molar-refractivity contribution in [2.24, 2.45) is 0 Å². The van der Waals surface area contributed by atoms with Crippen molar-refractivity contribution in [3.05, 3.63) is 34.9 Å². The number of amides is 1. The van der Waals surface area contributed by atoms with Gasteiger partial charge in [-0.15, -0.1) is 0 Å². The summed E-state index contributed by atoms with van der Waals surface area (Å²) >= 11 is 5.80. The maximum absolute atomic E-state index is 11.8. The first kappa shape index (κ1) is 15.3. The fourth-order valence-electron chi connectivity index (χ4n) is 2.55. The van der Waals surface area contributed by atoms with E-state index in [0.717, 1.165) is 13.0 Å². The summed E-state index contributed by atoms with van der Waals surface area (Å²) in [6.07, 6.45) is 6.18. The number of carbonyl (C=O) groups excluding carboxylic acids is 1. The third kappa shape index (κ3) is 5.14. The molecule has 1 aliphatic heterocycles. The maximum atomic E-state index is 11.8. The number of hydrogen-bond acceptors (Lipinski definition) is 2. The molecule has 0 unspecified atom stereocenters. The lowest BCUT2D eigenvalue weighted by Crippen LogP contribution is -2.25. The zero-order valence-corrected chi connectivity index (χ0v) is 12.7. The van der Waals surface area contributed by atoms with Crippen molar-refractivity contribution >= 4 is 17.5 Å². The lowest BCUT2D eigenvalue weighted by molar-refractivity contribution is 0.0953. The Labute approximate surface area is 126 Å². The first-order chi connectivity index (χ1) is 9.75. The summed E-state index contributed by atoms with van der Waals surface area (Å²) in [4.78, 5) is 14.4. The van der Waals surface area contributed by atoms with Gasteiger partial charge in [-0.25, -0.2) is 0 Å². The Kier molecular flexibility index (Phi) is 6.34. The number of benzene rings is 1. The van der Waals surface area contributed by atoms with Crippen LogP contribution in [-0.4, -0.2) is 37.0 Å². The molecule has 0 spiro atoms. The molecule has 0 aromatic heterocycles. The van der Waals surface area contributed by atoms with Gasteiger partial charge in [0.1, 0.15) is 0 Å². The monoisotopic (exact) mass is 294 g/mol. The predicted octanol–water partition coefficient (Wildman–Crippen LogP) is 3.34. The third-order valence-electron chi connectivity index (χ3n) is 3.74. The van der Waals surface area contributed by atoms with Gasteiger partial charge in [-0.1, -0.05) is 18.0 Å². The molecule has 1 saturated heterocycles. The second-order valence-corrected chi connectivity index (χ2v) is 5.81. The number of hydrogen-bond donors (Lipinski definition) is 1. The molecule has 0 radical (unpaired) electrons. The van der Waals surface area contributed by atoms with E-state index in [4.69, 9.17) is 11.6 Å². The standard InChI is InChI=1S/C16H23ClN2O/c17-15-8-6-14(7-9-15)16(20)18-10-2-1-3-11-19-12-4-5-13-19/h6-9H,1-5,10-13H2,(H,18,20). The van der Waals surface area contributed by atoms with Gasteiger partial charge in [-0.05, 0) is 69.6 Å². The fourth-order valence-corrected chi connectivity index (χ4v) is 2.67. The summed E-state index contributed by atoms with van der Waals surface area (Å²) in [6, 6.07) is 7.00. The van der Waals surface area contributed by atoms with Gasteiger partial charge in [0.15, 0.2) is 0 Å². The smallest absolute Gasteiger partial charge is 0.251 e. The Bertz CT molecular complexity index is 413. The molecule has 1 aliphatic rings. The summed E-state index contributed by atoms with van der Waals surface area (Å²) in [5.74, 6) is -0.0128. The van der Waals surface area contributed by atoms with E-state index in [1.165, 1.54) is 45.3 Å². The van der Waals surface area contributed by atoms with Crippen LogP contribution in [0.25, 0.3) is 0 Å². The minimum atomic E-state index is -0.0128. The van der Waals surface area contributed by atoms with Crippen molar-refractivity contribution in [2.75, 3.05) is 26.2 Å². The third-order valence-corrected chi connectivity index (χ3v) is 3.99. The second kappa shape index (κ2) is 8.28. The van der Waals surface area contributed by atoms with Gasteiger partial charge in [0.25, 0.3) is 5.91 Å². The number of likely N-dealkylation sites (tertiary alicyclic amines) is 1. The Hall–Kier alpha value is -1.06. The Morgan fingerprint density at radius 1 is 1.10 bits per heavy atom. The van der Waals surface area contributed by atoms with E-state index >= 15 is 0 Å². The number of unbranched alkanes of at least 4 members (excludes halogenated alkanes) is 2. The first-order valence-corrected chi connectivity index (χ1v) is 7.89. The first-order valence-electron chi connectivity index (χ1n) is 7.52. The van der Waals surface area contributed by atoms with Crippen molar-refractivity contribution in [1.82, 2.24) is 10.2 Å². The summed E-state index contributed by atoms with van der Waals surface area (Å²) in [5, 5.41) is 3.61. The van der Waals surface area contributed by atoms with E-state index in [-0.39, 0.29) is 5.91 Å². The fraction of sp³-hybridized carbons (Fsp3) is 0.562. The van der Waals surface area contributed by atoms with Crippen LogP contribution in [0, 0.1) is 0 Å². The molecule has 2 rings (SSSR count). The lowest BCUT2D eigenvalue weighted by Gasteiger charge is -2.13. The van der Waals surface area contributed by atoms with Crippen molar-refractivity contribution in [2.45, 2.75) is 32.1 Å². The molecule has 0 atom stereocenters. The van der Waals surface area contributed by atoms with Gasteiger partial charge in [-0.3, -0.25) is 4.79 Å². The zero-order chi connectivity index (χ0) is 14.2. The van der Waals surface area contributed by atoms with E-state index in [1.54, 1.807) is 24.3 Å². The van der Waals surface area contributed by atoms with E-state index in [9.17, 15) is 4.79 Å². The van der Waals surface area contributed by atoms with E-state index in [0.29, 0.717) is 10.6 Å². The van der Waals surface area contributed by atoms with E-state index < -0.39 is 0 Å². The predicted molar refractivity (Wildman–Crippen MR) is 83.3 cm³/mol. The highest BCUT2D eigenvalue weighted by atomic mass is 35.5. The van der Waals surface area contributed by atoms with Crippen molar-refractivity contribution in [1.29, 1.82) is 0 Å². The minimum absolute atomic E-state index is 0.0128. The molecular formula is C16H23ClN2O. The minimum Gasteiger partial charge on any atom is -0.352 e. The molecule has 110 valence electrons. The quantitative estimate of drug-likeness (QED) is 0.782. The average Bonchev–Trinajstić information content (AvgIpc) is 2.96. The van der Waals surface area contributed by atoms with Crippen molar-refractivity contribution < 1.29 is 4.79 Å². The van der Waals surface area contributed by atoms with Gasteiger partial charge in [0.2, 0.25) is 0 Å². The SMILES string of the molecule is O=C(NCCCCCN1CCCC1)c1ccc(Cl)cc1. The Morgan fingerprint density at radius 3 is 2.50 bits per heavy atom. The van der Waals surface area contributed by atoms with E-state index in [1.807, 2.05) is 0 Å². The molecule has 1 aromatic carbocycles. The normalized spacial score (nSPS) is 15.4. The molecule has 1 fully saturated rings. The van der Waals surface area contributed by atoms with Gasteiger partial charge in [0, 0.05) is 17.1 Å². The zero-order valence-electron chi connectivity index (χ0n) is 11.9. The summed E-state index contributed by atoms with van der Waals surface area (Å²) in [5.41, 5.74) is 0.673. The molecule has 0 aliphatic carbocycles. The maximum Gasteiger partial charge on any atom is 0.251 e. The highest BCUT2D eigenvalue weighted by molar-refractivity contribution is 6.30. The van der Waals surface area contributed by atoms with Crippen LogP contribution in [0.5, 0.6) is 0 Å². The van der Waals surface area contributed by atoms with Gasteiger partial charge < -0.3 is 10.2 Å². The number of halogens is 1. The number of carbonyl (C=O) groups is 1. The van der Waals surface area contributed by atoms with Crippen LogP contribution in [0.2, 0.25) is 5.02 Å². The molecule has 0 bridgehead atoms. The average molecular weight is 295 g/mol. The van der Waals surface area contributed by atoms with Crippen LogP contribution in [0.1, 0.15) is 42.5 Å². The summed E-state index contributed by atoms with van der Waals surface area (Å²) in [7, 11) is 0. The molecule has 4 heteroatoms. The van der Waals surface area contributed by atoms with Crippen LogP contribution in [0.15, 0.2) is 24.3 Å².